The van der Waals surface area contributed by atoms with E-state index in [1.165, 1.54) is 5.56 Å². The van der Waals surface area contributed by atoms with E-state index < -0.39 is 5.63 Å². The number of benzene rings is 2. The van der Waals surface area contributed by atoms with E-state index in [0.717, 1.165) is 18.9 Å². The predicted octanol–water partition coefficient (Wildman–Crippen LogP) is 3.51. The molecule has 4 heteroatoms. The topological polar surface area (TPSA) is 59.7 Å². The second-order valence-electron chi connectivity index (χ2n) is 5.05. The van der Waals surface area contributed by atoms with Crippen LogP contribution < -0.4 is 10.4 Å². The molecule has 0 fully saturated rings. The maximum Gasteiger partial charge on any atom is 0.339 e. The molecule has 1 N–H and O–H groups in total. The highest BCUT2D eigenvalue weighted by Gasteiger charge is 2.06. The number of fused-ring (bicyclic) bond motifs is 1. The summed E-state index contributed by atoms with van der Waals surface area (Å²) in [4.78, 5) is 11.2. The van der Waals surface area contributed by atoms with E-state index in [4.69, 9.17) is 9.15 Å². The molecule has 112 valence electrons. The van der Waals surface area contributed by atoms with Gasteiger partial charge in [0.05, 0.1) is 18.1 Å². The van der Waals surface area contributed by atoms with Crippen LogP contribution in [0.3, 0.4) is 0 Å². The van der Waals surface area contributed by atoms with Crippen LogP contribution in [-0.4, -0.2) is 11.7 Å². The lowest BCUT2D eigenvalue weighted by molar-refractivity contribution is 0.311. The van der Waals surface area contributed by atoms with Crippen LogP contribution in [-0.2, 0) is 6.42 Å². The number of aryl methyl sites for hydroxylation is 1. The Kier molecular flexibility index (Phi) is 4.10. The average molecular weight is 296 g/mol. The van der Waals surface area contributed by atoms with E-state index in [0.29, 0.717) is 23.3 Å². The predicted molar refractivity (Wildman–Crippen MR) is 84.4 cm³/mol. The van der Waals surface area contributed by atoms with Gasteiger partial charge in [-0.05, 0) is 36.6 Å². The molecule has 4 nitrogen and oxygen atoms in total. The summed E-state index contributed by atoms with van der Waals surface area (Å²) in [5.74, 6) is 0.547. The summed E-state index contributed by atoms with van der Waals surface area (Å²) in [6, 6.07) is 16.3. The third kappa shape index (κ3) is 3.28. The summed E-state index contributed by atoms with van der Waals surface area (Å²) in [6.07, 6.45) is 1.85. The molecule has 0 radical (unpaired) electrons. The molecule has 0 saturated heterocycles. The first-order chi connectivity index (χ1) is 10.7. The highest BCUT2D eigenvalue weighted by molar-refractivity contribution is 5.84. The fourth-order valence-electron chi connectivity index (χ4n) is 2.33. The third-order valence-corrected chi connectivity index (χ3v) is 3.41. The van der Waals surface area contributed by atoms with Crippen LogP contribution in [0.15, 0.2) is 63.8 Å². The standard InChI is InChI=1S/C18H16O4/c19-16-12-18(20)22-17-9-8-14(11-15(16)17)21-10-4-7-13-5-2-1-3-6-13/h1-3,5-6,8-9,11-12,19H,4,7,10H2. The Morgan fingerprint density at radius 2 is 1.86 bits per heavy atom. The molecule has 0 saturated carbocycles. The lowest BCUT2D eigenvalue weighted by Crippen LogP contribution is -2.00. The van der Waals surface area contributed by atoms with Crippen LogP contribution in [0.1, 0.15) is 12.0 Å². The molecule has 2 aromatic carbocycles. The molecular weight excluding hydrogens is 280 g/mol. The quantitative estimate of drug-likeness (QED) is 0.578. The van der Waals surface area contributed by atoms with Crippen molar-refractivity contribution in [1.29, 1.82) is 0 Å². The van der Waals surface area contributed by atoms with Crippen LogP contribution in [0.25, 0.3) is 11.0 Å². The van der Waals surface area contributed by atoms with Gasteiger partial charge in [-0.2, -0.15) is 0 Å². The minimum Gasteiger partial charge on any atom is -0.507 e. The second kappa shape index (κ2) is 6.35. The van der Waals surface area contributed by atoms with E-state index in [9.17, 15) is 9.90 Å². The molecular formula is C18H16O4. The van der Waals surface area contributed by atoms with E-state index in [1.54, 1.807) is 18.2 Å². The van der Waals surface area contributed by atoms with Gasteiger partial charge in [0, 0.05) is 0 Å². The summed E-state index contributed by atoms with van der Waals surface area (Å²) in [7, 11) is 0. The van der Waals surface area contributed by atoms with Crippen molar-refractivity contribution in [3.8, 4) is 11.5 Å². The minimum atomic E-state index is -0.568. The van der Waals surface area contributed by atoms with Gasteiger partial charge in [-0.25, -0.2) is 4.79 Å². The number of aromatic hydroxyl groups is 1. The molecule has 0 unspecified atom stereocenters. The molecule has 0 bridgehead atoms. The van der Waals surface area contributed by atoms with Gasteiger partial charge in [0.2, 0.25) is 0 Å². The van der Waals surface area contributed by atoms with E-state index in [2.05, 4.69) is 12.1 Å². The second-order valence-corrected chi connectivity index (χ2v) is 5.05. The Labute approximate surface area is 127 Å². The highest BCUT2D eigenvalue weighted by atomic mass is 16.5. The molecule has 0 aliphatic carbocycles. The van der Waals surface area contributed by atoms with E-state index >= 15 is 0 Å². The van der Waals surface area contributed by atoms with Gasteiger partial charge in [-0.3, -0.25) is 0 Å². The largest absolute Gasteiger partial charge is 0.507 e. The summed E-state index contributed by atoms with van der Waals surface area (Å²) in [5, 5.41) is 10.3. The fraction of sp³-hybridized carbons (Fsp3) is 0.167. The van der Waals surface area contributed by atoms with Gasteiger partial charge in [0.1, 0.15) is 17.1 Å². The van der Waals surface area contributed by atoms with Crippen LogP contribution in [0.2, 0.25) is 0 Å². The Morgan fingerprint density at radius 1 is 1.05 bits per heavy atom. The summed E-state index contributed by atoms with van der Waals surface area (Å²) in [6.45, 7) is 0.581. The van der Waals surface area contributed by atoms with Crippen molar-refractivity contribution in [2.24, 2.45) is 0 Å². The first-order valence-electron chi connectivity index (χ1n) is 7.16. The zero-order valence-electron chi connectivity index (χ0n) is 12.0. The maximum atomic E-state index is 11.2. The van der Waals surface area contributed by atoms with E-state index in [-0.39, 0.29) is 5.75 Å². The number of hydrogen-bond donors (Lipinski definition) is 1. The van der Waals surface area contributed by atoms with Crippen molar-refractivity contribution in [3.63, 3.8) is 0 Å². The zero-order valence-corrected chi connectivity index (χ0v) is 12.0. The minimum absolute atomic E-state index is 0.0963. The zero-order chi connectivity index (χ0) is 15.4. The maximum absolute atomic E-state index is 11.2. The van der Waals surface area contributed by atoms with Crippen LogP contribution in [0.5, 0.6) is 11.5 Å². The molecule has 0 aliphatic rings. The van der Waals surface area contributed by atoms with Crippen LogP contribution >= 0.6 is 0 Å². The van der Waals surface area contributed by atoms with Crippen molar-refractivity contribution >= 4 is 11.0 Å². The van der Waals surface area contributed by atoms with Crippen molar-refractivity contribution in [2.45, 2.75) is 12.8 Å². The fourth-order valence-corrected chi connectivity index (χ4v) is 2.33. The monoisotopic (exact) mass is 296 g/mol. The van der Waals surface area contributed by atoms with Crippen molar-refractivity contribution in [3.05, 3.63) is 70.6 Å². The molecule has 22 heavy (non-hydrogen) atoms. The molecule has 1 aromatic heterocycles. The number of hydrogen-bond acceptors (Lipinski definition) is 4. The normalized spacial score (nSPS) is 10.7. The lowest BCUT2D eigenvalue weighted by Gasteiger charge is -2.07. The Balaban J connectivity index is 1.63. The number of rotatable bonds is 5. The summed E-state index contributed by atoms with van der Waals surface area (Å²) < 4.78 is 10.7. The van der Waals surface area contributed by atoms with Gasteiger partial charge in [-0.1, -0.05) is 30.3 Å². The third-order valence-electron chi connectivity index (χ3n) is 3.41. The average Bonchev–Trinajstić information content (AvgIpc) is 2.53. The Hall–Kier alpha value is -2.75. The molecule has 3 rings (SSSR count). The van der Waals surface area contributed by atoms with Gasteiger partial charge in [0.25, 0.3) is 0 Å². The van der Waals surface area contributed by atoms with Crippen molar-refractivity contribution < 1.29 is 14.3 Å². The first-order valence-corrected chi connectivity index (χ1v) is 7.16. The Morgan fingerprint density at radius 3 is 2.68 bits per heavy atom. The van der Waals surface area contributed by atoms with Gasteiger partial charge in [0.15, 0.2) is 0 Å². The summed E-state index contributed by atoms with van der Waals surface area (Å²) in [5.41, 5.74) is 1.06. The smallest absolute Gasteiger partial charge is 0.339 e. The first kappa shape index (κ1) is 14.2. The van der Waals surface area contributed by atoms with Gasteiger partial charge >= 0.3 is 5.63 Å². The molecule has 0 aliphatic heterocycles. The van der Waals surface area contributed by atoms with E-state index in [1.807, 2.05) is 18.2 Å². The molecule has 0 amide bonds. The van der Waals surface area contributed by atoms with Gasteiger partial charge in [-0.15, -0.1) is 0 Å². The lowest BCUT2D eigenvalue weighted by atomic mass is 10.1. The Bertz CT molecular complexity index is 821. The highest BCUT2D eigenvalue weighted by Crippen LogP contribution is 2.26. The summed E-state index contributed by atoms with van der Waals surface area (Å²) >= 11 is 0. The van der Waals surface area contributed by atoms with Gasteiger partial charge < -0.3 is 14.3 Å². The molecule has 3 aromatic rings. The van der Waals surface area contributed by atoms with Crippen molar-refractivity contribution in [2.75, 3.05) is 6.61 Å². The van der Waals surface area contributed by atoms with Crippen LogP contribution in [0.4, 0.5) is 0 Å². The molecule has 0 spiro atoms. The molecule has 1 heterocycles. The number of ether oxygens (including phenoxy) is 1. The molecule has 0 atom stereocenters. The van der Waals surface area contributed by atoms with Crippen molar-refractivity contribution in [1.82, 2.24) is 0 Å². The SMILES string of the molecule is O=c1cc(O)c2cc(OCCCc3ccccc3)ccc2o1. The van der Waals surface area contributed by atoms with Crippen LogP contribution in [0, 0.1) is 0 Å².